The maximum absolute atomic E-state index is 13.2. The van der Waals surface area contributed by atoms with Gasteiger partial charge >= 0.3 is 18.1 Å². The van der Waals surface area contributed by atoms with Crippen molar-refractivity contribution in [2.24, 2.45) is 0 Å². The van der Waals surface area contributed by atoms with E-state index >= 15 is 0 Å². The number of hydrogen-bond donors (Lipinski definition) is 0. The molecule has 0 saturated heterocycles. The van der Waals surface area contributed by atoms with Gasteiger partial charge in [0.2, 0.25) is 0 Å². The zero-order valence-corrected chi connectivity index (χ0v) is 19.1. The second kappa shape index (κ2) is 11.3. The minimum Gasteiger partial charge on any atom is -0.423 e. The maximum Gasteiger partial charge on any atom is 0.453 e. The van der Waals surface area contributed by atoms with Crippen molar-refractivity contribution in [2.75, 3.05) is 0 Å². The molecule has 0 N–H and O–H groups in total. The molecule has 3 rings (SSSR count). The van der Waals surface area contributed by atoms with Crippen LogP contribution >= 0.6 is 0 Å². The topological polar surface area (TPSA) is 26.3 Å². The molecule has 2 nitrogen and oxygen atoms in total. The monoisotopic (exact) mass is 488 g/mol. The van der Waals surface area contributed by atoms with Gasteiger partial charge in [0, 0.05) is 6.42 Å². The molecule has 0 aromatic heterocycles. The minimum atomic E-state index is -5.63. The second-order valence-corrected chi connectivity index (χ2v) is 8.21. The Bertz CT molecular complexity index is 1130. The highest BCUT2D eigenvalue weighted by Crippen LogP contribution is 2.38. The summed E-state index contributed by atoms with van der Waals surface area (Å²) < 4.78 is 68.6. The summed E-state index contributed by atoms with van der Waals surface area (Å²) in [6.45, 7) is 2.16. The molecular weight excluding hydrogens is 463 g/mol. The van der Waals surface area contributed by atoms with Crippen molar-refractivity contribution in [3.05, 3.63) is 101 Å². The summed E-state index contributed by atoms with van der Waals surface area (Å²) in [6, 6.07) is 19.6. The number of hydrogen-bond acceptors (Lipinski definition) is 2. The normalized spacial score (nSPS) is 12.2. The van der Waals surface area contributed by atoms with E-state index < -0.39 is 24.5 Å². The standard InChI is InChI=1S/C28H25F5O2/c1-2-3-4-20-5-7-21(8-6-20)9-10-22-11-15-24(16-12-22)26(34)35-25-17-13-23(14-18-25)19-27(29,30)28(31,32)33/h5-18H,2-4,19H2,1H3/b10-9+. The number of rotatable bonds is 9. The SMILES string of the molecule is CCCCc1ccc(/C=C/c2ccc(C(=O)Oc3ccc(CC(F)(F)C(F)(F)F)cc3)cc2)cc1. The smallest absolute Gasteiger partial charge is 0.423 e. The molecule has 0 heterocycles. The first-order valence-corrected chi connectivity index (χ1v) is 11.2. The Morgan fingerprint density at radius 2 is 1.29 bits per heavy atom. The fourth-order valence-electron chi connectivity index (χ4n) is 3.30. The molecule has 0 saturated carbocycles. The van der Waals surface area contributed by atoms with Crippen molar-refractivity contribution in [1.82, 2.24) is 0 Å². The molecule has 0 aliphatic heterocycles. The fourth-order valence-corrected chi connectivity index (χ4v) is 3.30. The molecule has 0 aliphatic rings. The van der Waals surface area contributed by atoms with Crippen LogP contribution in [0.4, 0.5) is 22.0 Å². The molecule has 3 aromatic rings. The molecule has 35 heavy (non-hydrogen) atoms. The summed E-state index contributed by atoms with van der Waals surface area (Å²) in [4.78, 5) is 12.3. The highest BCUT2D eigenvalue weighted by molar-refractivity contribution is 5.91. The number of aryl methyl sites for hydroxylation is 1. The Hall–Kier alpha value is -3.48. The quantitative estimate of drug-likeness (QED) is 0.131. The number of esters is 1. The molecule has 0 radical (unpaired) electrons. The van der Waals surface area contributed by atoms with Crippen LogP contribution < -0.4 is 4.74 Å². The van der Waals surface area contributed by atoms with E-state index in [-0.39, 0.29) is 16.9 Å². The first kappa shape index (κ1) is 26.1. The molecule has 0 atom stereocenters. The third-order valence-electron chi connectivity index (χ3n) is 5.39. The first-order chi connectivity index (χ1) is 16.6. The van der Waals surface area contributed by atoms with E-state index in [0.29, 0.717) is 0 Å². The summed E-state index contributed by atoms with van der Waals surface area (Å²) in [5.41, 5.74) is 3.30. The third kappa shape index (κ3) is 7.50. The Morgan fingerprint density at radius 3 is 1.80 bits per heavy atom. The van der Waals surface area contributed by atoms with Crippen LogP contribution in [0, 0.1) is 0 Å². The molecule has 0 amide bonds. The van der Waals surface area contributed by atoms with Crippen molar-refractivity contribution < 1.29 is 31.5 Å². The molecular formula is C28H25F5O2. The van der Waals surface area contributed by atoms with Crippen molar-refractivity contribution in [3.63, 3.8) is 0 Å². The molecule has 3 aromatic carbocycles. The number of unbranched alkanes of at least 4 members (excludes halogenated alkanes) is 1. The van der Waals surface area contributed by atoms with Crippen LogP contribution in [-0.2, 0) is 12.8 Å². The molecule has 0 bridgehead atoms. The number of carbonyl (C=O) groups is 1. The average Bonchev–Trinajstić information content (AvgIpc) is 2.82. The molecule has 184 valence electrons. The van der Waals surface area contributed by atoms with Crippen LogP contribution in [0.1, 0.15) is 52.4 Å². The van der Waals surface area contributed by atoms with Crippen molar-refractivity contribution in [3.8, 4) is 5.75 Å². The summed E-state index contributed by atoms with van der Waals surface area (Å²) in [5, 5.41) is 0. The van der Waals surface area contributed by atoms with Crippen LogP contribution in [0.15, 0.2) is 72.8 Å². The van der Waals surface area contributed by atoms with E-state index in [9.17, 15) is 26.7 Å². The highest BCUT2D eigenvalue weighted by atomic mass is 19.4. The van der Waals surface area contributed by atoms with Gasteiger partial charge < -0.3 is 4.74 Å². The van der Waals surface area contributed by atoms with Crippen molar-refractivity contribution in [1.29, 1.82) is 0 Å². The van der Waals surface area contributed by atoms with E-state index in [2.05, 4.69) is 31.2 Å². The van der Waals surface area contributed by atoms with Crippen LogP contribution in [0.2, 0.25) is 0 Å². The van der Waals surface area contributed by atoms with Crippen molar-refractivity contribution in [2.45, 2.75) is 44.7 Å². The van der Waals surface area contributed by atoms with Gasteiger partial charge in [0.1, 0.15) is 5.75 Å². The Kier molecular flexibility index (Phi) is 8.43. The number of alkyl halides is 5. The molecule has 0 fully saturated rings. The molecule has 0 unspecified atom stereocenters. The summed E-state index contributed by atoms with van der Waals surface area (Å²) >= 11 is 0. The van der Waals surface area contributed by atoms with Gasteiger partial charge in [-0.2, -0.15) is 22.0 Å². The summed E-state index contributed by atoms with van der Waals surface area (Å²) in [7, 11) is 0. The molecule has 0 aliphatic carbocycles. The third-order valence-corrected chi connectivity index (χ3v) is 5.39. The van der Waals surface area contributed by atoms with Gasteiger partial charge in [-0.1, -0.05) is 74.0 Å². The number of carbonyl (C=O) groups excluding carboxylic acids is 1. The summed E-state index contributed by atoms with van der Waals surface area (Å²) in [5.74, 6) is -5.46. The van der Waals surface area contributed by atoms with Gasteiger partial charge in [-0.25, -0.2) is 4.79 Å². The summed E-state index contributed by atoms with van der Waals surface area (Å²) in [6.07, 6.45) is 0.171. The van der Waals surface area contributed by atoms with Gasteiger partial charge in [0.15, 0.2) is 0 Å². The second-order valence-electron chi connectivity index (χ2n) is 8.21. The largest absolute Gasteiger partial charge is 0.453 e. The maximum atomic E-state index is 13.2. The van der Waals surface area contributed by atoms with E-state index in [1.807, 2.05) is 12.2 Å². The van der Waals surface area contributed by atoms with E-state index in [1.54, 1.807) is 24.3 Å². The highest BCUT2D eigenvalue weighted by Gasteiger charge is 2.57. The fraction of sp³-hybridized carbons (Fsp3) is 0.250. The van der Waals surface area contributed by atoms with Crippen LogP contribution in [-0.4, -0.2) is 18.1 Å². The van der Waals surface area contributed by atoms with Gasteiger partial charge in [-0.05, 0) is 59.4 Å². The number of halogens is 5. The van der Waals surface area contributed by atoms with Gasteiger partial charge in [-0.3, -0.25) is 0 Å². The van der Waals surface area contributed by atoms with Crippen LogP contribution in [0.5, 0.6) is 5.75 Å². The van der Waals surface area contributed by atoms with Gasteiger partial charge in [0.25, 0.3) is 0 Å². The lowest BCUT2D eigenvalue weighted by atomic mass is 10.1. The van der Waals surface area contributed by atoms with E-state index in [4.69, 9.17) is 4.74 Å². The van der Waals surface area contributed by atoms with Crippen LogP contribution in [0.25, 0.3) is 12.2 Å². The van der Waals surface area contributed by atoms with Gasteiger partial charge in [-0.15, -0.1) is 0 Å². The zero-order chi connectivity index (χ0) is 25.5. The average molecular weight is 488 g/mol. The predicted molar refractivity (Wildman–Crippen MR) is 127 cm³/mol. The number of benzene rings is 3. The Labute approximate surface area is 201 Å². The molecule has 7 heteroatoms. The lowest BCUT2D eigenvalue weighted by Crippen LogP contribution is -2.38. The Morgan fingerprint density at radius 1 is 0.771 bits per heavy atom. The Balaban J connectivity index is 1.56. The van der Waals surface area contributed by atoms with Gasteiger partial charge in [0.05, 0.1) is 5.56 Å². The first-order valence-electron chi connectivity index (χ1n) is 11.2. The lowest BCUT2D eigenvalue weighted by molar-refractivity contribution is -0.281. The van der Waals surface area contributed by atoms with Crippen LogP contribution in [0.3, 0.4) is 0 Å². The van der Waals surface area contributed by atoms with E-state index in [1.165, 1.54) is 17.7 Å². The number of ether oxygens (including phenoxy) is 1. The lowest BCUT2D eigenvalue weighted by Gasteiger charge is -2.19. The predicted octanol–water partition coefficient (Wildman–Crippen LogP) is 8.16. The van der Waals surface area contributed by atoms with E-state index in [0.717, 1.165) is 42.5 Å². The van der Waals surface area contributed by atoms with Crippen molar-refractivity contribution >= 4 is 18.1 Å². The minimum absolute atomic E-state index is 0.0421. The molecule has 0 spiro atoms. The zero-order valence-electron chi connectivity index (χ0n) is 19.1.